The minimum atomic E-state index is -4.66. The molecular weight excluding hydrogens is 681 g/mol. The molecular formula is C33H36N2O8S4. The largest absolute Gasteiger partial charge is 0.256 e. The van der Waals surface area contributed by atoms with Gasteiger partial charge >= 0.3 is 0 Å². The van der Waals surface area contributed by atoms with Gasteiger partial charge in [-0.1, -0.05) is 89.9 Å². The number of benzene rings is 4. The first-order valence-corrected chi connectivity index (χ1v) is 20.1. The summed E-state index contributed by atoms with van der Waals surface area (Å²) in [6, 6.07) is 22.7. The number of hydrogen-bond acceptors (Lipinski definition) is 8. The van der Waals surface area contributed by atoms with Crippen LogP contribution in [0.2, 0.25) is 0 Å². The first kappa shape index (κ1) is 36.2. The molecule has 0 aliphatic rings. The molecule has 0 radical (unpaired) electrons. The highest BCUT2D eigenvalue weighted by Crippen LogP contribution is 2.28. The molecule has 0 aromatic heterocycles. The van der Waals surface area contributed by atoms with Gasteiger partial charge in [0.15, 0.2) is 0 Å². The van der Waals surface area contributed by atoms with E-state index in [1.54, 1.807) is 27.7 Å². The summed E-state index contributed by atoms with van der Waals surface area (Å²) in [4.78, 5) is -1.07. The Morgan fingerprint density at radius 3 is 0.936 bits per heavy atom. The topological polar surface area (TPSA) is 143 Å². The maximum atomic E-state index is 13.9. The van der Waals surface area contributed by atoms with E-state index in [1.807, 2.05) is 0 Å². The number of rotatable bonds is 12. The zero-order valence-corrected chi connectivity index (χ0v) is 29.8. The maximum absolute atomic E-state index is 13.9. The van der Waals surface area contributed by atoms with E-state index in [0.29, 0.717) is 7.42 Å². The van der Waals surface area contributed by atoms with Gasteiger partial charge < -0.3 is 0 Å². The summed E-state index contributed by atoms with van der Waals surface area (Å²) < 4.78 is 111. The van der Waals surface area contributed by atoms with Crippen LogP contribution in [0.5, 0.6) is 0 Å². The smallest absolute Gasteiger partial charge is 0.206 e. The Morgan fingerprint density at radius 2 is 0.681 bits per heavy atom. The number of nitrogens with zero attached hydrogens (tertiary/aromatic N) is 2. The molecule has 0 N–H and O–H groups in total. The third kappa shape index (κ3) is 7.91. The summed E-state index contributed by atoms with van der Waals surface area (Å²) in [6.45, 7) is 6.97. The average molecular weight is 717 g/mol. The van der Waals surface area contributed by atoms with Crippen LogP contribution in [0.15, 0.2) is 128 Å². The first-order chi connectivity index (χ1) is 21.9. The lowest BCUT2D eigenvalue weighted by atomic mass is 10.2. The van der Waals surface area contributed by atoms with Gasteiger partial charge in [-0.05, 0) is 83.1 Å². The molecule has 0 aliphatic carbocycles. The Hall–Kier alpha value is -3.66. The van der Waals surface area contributed by atoms with E-state index < -0.39 is 53.2 Å². The lowest BCUT2D eigenvalue weighted by Gasteiger charge is -2.24. The molecule has 0 heterocycles. The van der Waals surface area contributed by atoms with Crippen LogP contribution in [0.4, 0.5) is 0 Å². The predicted molar refractivity (Wildman–Crippen MR) is 181 cm³/mol. The quantitative estimate of drug-likeness (QED) is 0.179. The number of sulfonamides is 4. The molecule has 14 heteroatoms. The van der Waals surface area contributed by atoms with Gasteiger partial charge in [-0.15, -0.1) is 0 Å². The molecule has 10 nitrogen and oxygen atoms in total. The van der Waals surface area contributed by atoms with Crippen molar-refractivity contribution in [1.29, 1.82) is 0 Å². The molecule has 0 saturated carbocycles. The van der Waals surface area contributed by atoms with E-state index in [4.69, 9.17) is 0 Å². The summed E-state index contributed by atoms with van der Waals surface area (Å²) in [5.41, 5.74) is 3.13. The van der Waals surface area contributed by atoms with Crippen LogP contribution in [0.3, 0.4) is 0 Å². The van der Waals surface area contributed by atoms with Gasteiger partial charge in [0, 0.05) is 6.54 Å². The van der Waals surface area contributed by atoms with Crippen LogP contribution >= 0.6 is 0 Å². The van der Waals surface area contributed by atoms with Crippen molar-refractivity contribution < 1.29 is 33.7 Å². The van der Waals surface area contributed by atoms with E-state index in [9.17, 15) is 33.7 Å². The monoisotopic (exact) mass is 716 g/mol. The van der Waals surface area contributed by atoms with Crippen LogP contribution in [-0.4, -0.2) is 54.2 Å². The Balaban J connectivity index is 1.81. The molecule has 0 amide bonds. The van der Waals surface area contributed by atoms with Crippen LogP contribution in [0, 0.1) is 27.7 Å². The second kappa shape index (κ2) is 13.8. The number of hydrogen-bond donors (Lipinski definition) is 0. The molecule has 0 unspecified atom stereocenters. The van der Waals surface area contributed by atoms with Crippen molar-refractivity contribution in [3.05, 3.63) is 131 Å². The molecule has 4 aromatic rings. The average Bonchev–Trinajstić information content (AvgIpc) is 3.00. The van der Waals surface area contributed by atoms with Crippen molar-refractivity contribution in [2.45, 2.75) is 54.2 Å². The highest BCUT2D eigenvalue weighted by Gasteiger charge is 2.38. The Morgan fingerprint density at radius 1 is 0.447 bits per heavy atom. The predicted octanol–water partition coefficient (Wildman–Crippen LogP) is 5.33. The van der Waals surface area contributed by atoms with E-state index in [1.165, 1.54) is 110 Å². The van der Waals surface area contributed by atoms with Crippen molar-refractivity contribution in [3.63, 3.8) is 0 Å². The Bertz CT molecular complexity index is 2060. The fourth-order valence-electron chi connectivity index (χ4n) is 4.43. The van der Waals surface area contributed by atoms with E-state index in [-0.39, 0.29) is 25.2 Å². The highest BCUT2D eigenvalue weighted by molar-refractivity contribution is 8.04. The molecule has 0 spiro atoms. The third-order valence-corrected chi connectivity index (χ3v) is 15.8. The first-order valence-electron chi connectivity index (χ1n) is 14.3. The molecule has 4 rings (SSSR count). The molecule has 0 atom stereocenters. The van der Waals surface area contributed by atoms with Gasteiger partial charge in [0.05, 0.1) is 26.1 Å². The van der Waals surface area contributed by atoms with Gasteiger partial charge in [0.25, 0.3) is 40.1 Å². The van der Waals surface area contributed by atoms with E-state index in [2.05, 4.69) is 0 Å². The zero-order valence-electron chi connectivity index (χ0n) is 26.5. The second-order valence-electron chi connectivity index (χ2n) is 11.2. The maximum Gasteiger partial charge on any atom is 0.256 e. The summed E-state index contributed by atoms with van der Waals surface area (Å²) in [5.74, 6) is 0. The van der Waals surface area contributed by atoms with Crippen molar-refractivity contribution in [3.8, 4) is 0 Å². The van der Waals surface area contributed by atoms with E-state index in [0.717, 1.165) is 22.3 Å². The minimum Gasteiger partial charge on any atom is -0.206 e. The Labute approximate surface area is 278 Å². The van der Waals surface area contributed by atoms with Gasteiger partial charge in [-0.3, -0.25) is 0 Å². The molecule has 47 heavy (non-hydrogen) atoms. The normalized spacial score (nSPS) is 13.3. The standard InChI is InChI=1S/C33H36N2O8S4/c1-25-6-14-30(15-7-25)44(36,37)34(45(38,39)31-16-8-26(2)9-17-31)23-22-29(5)24-35(46(40,41)32-18-10-27(3)11-19-32)47(42,43)33-20-12-28(4)13-21-33/h6-22H,23-24H2,1-5H3/b29-22-. The summed E-state index contributed by atoms with van der Waals surface area (Å²) in [5, 5.41) is 0. The van der Waals surface area contributed by atoms with Gasteiger partial charge in [-0.2, -0.15) is 0 Å². The van der Waals surface area contributed by atoms with Gasteiger partial charge in [0.1, 0.15) is 0 Å². The molecule has 0 bridgehead atoms. The lowest BCUT2D eigenvalue weighted by molar-refractivity contribution is 0.503. The minimum absolute atomic E-state index is 0.0829. The molecule has 0 fully saturated rings. The van der Waals surface area contributed by atoms with E-state index >= 15 is 0 Å². The summed E-state index contributed by atoms with van der Waals surface area (Å²) >= 11 is 0. The molecule has 0 saturated heterocycles. The van der Waals surface area contributed by atoms with Gasteiger partial charge in [0.2, 0.25) is 0 Å². The fraction of sp³-hybridized carbons (Fsp3) is 0.212. The number of aryl methyl sites for hydroxylation is 4. The molecule has 0 aliphatic heterocycles. The molecule has 250 valence electrons. The molecule has 4 aromatic carbocycles. The zero-order chi connectivity index (χ0) is 34.8. The van der Waals surface area contributed by atoms with Crippen LogP contribution in [0.25, 0.3) is 0 Å². The lowest BCUT2D eigenvalue weighted by Crippen LogP contribution is -2.39. The van der Waals surface area contributed by atoms with Crippen LogP contribution in [0.1, 0.15) is 29.2 Å². The summed E-state index contributed by atoms with van der Waals surface area (Å²) in [6.07, 6.45) is 1.19. The van der Waals surface area contributed by atoms with Crippen LogP contribution in [-0.2, 0) is 40.1 Å². The fourth-order valence-corrected chi connectivity index (χ4v) is 11.7. The third-order valence-electron chi connectivity index (χ3n) is 7.32. The van der Waals surface area contributed by atoms with Gasteiger partial charge in [-0.25, -0.2) is 33.7 Å². The van der Waals surface area contributed by atoms with Crippen molar-refractivity contribution in [2.75, 3.05) is 13.1 Å². The van der Waals surface area contributed by atoms with Crippen molar-refractivity contribution in [2.24, 2.45) is 0 Å². The van der Waals surface area contributed by atoms with Crippen molar-refractivity contribution in [1.82, 2.24) is 7.42 Å². The second-order valence-corrected chi connectivity index (χ2v) is 19.1. The SMILES string of the molecule is C/C(=C/CN(S(=O)(=O)c1ccc(C)cc1)S(=O)(=O)c1ccc(C)cc1)CN(S(=O)(=O)c1ccc(C)cc1)S(=O)(=O)c1ccc(C)cc1. The van der Waals surface area contributed by atoms with Crippen molar-refractivity contribution >= 4 is 40.1 Å². The van der Waals surface area contributed by atoms with Crippen LogP contribution < -0.4 is 0 Å². The Kier molecular flexibility index (Phi) is 10.6. The summed E-state index contributed by atoms with van der Waals surface area (Å²) in [7, 11) is -18.6. The highest BCUT2D eigenvalue weighted by atomic mass is 32.3.